The first kappa shape index (κ1) is 12.7. The molecule has 0 N–H and O–H groups in total. The van der Waals surface area contributed by atoms with E-state index in [2.05, 4.69) is 16.6 Å². The summed E-state index contributed by atoms with van der Waals surface area (Å²) in [6, 6.07) is 0. The Labute approximate surface area is 71.9 Å². The molecule has 10 heteroatoms. The zero-order chi connectivity index (χ0) is 10.9. The van der Waals surface area contributed by atoms with Crippen molar-refractivity contribution >= 4 is 11.8 Å². The molecule has 0 aliphatic carbocycles. The summed E-state index contributed by atoms with van der Waals surface area (Å²) in [5.41, 5.74) is 0. The second-order valence-electron chi connectivity index (χ2n) is 1.68. The number of halogens is 8. The zero-order valence-corrected chi connectivity index (χ0v) is 6.21. The summed E-state index contributed by atoms with van der Waals surface area (Å²) in [5.74, 6) is 0. The van der Waals surface area contributed by atoms with E-state index in [1.165, 1.54) is 0 Å². The van der Waals surface area contributed by atoms with E-state index in [0.717, 1.165) is 0 Å². The number of hydroxylamine groups is 1. The van der Waals surface area contributed by atoms with Crippen molar-refractivity contribution in [2.75, 3.05) is 0 Å². The number of nitrogens with zero attached hydrogens (tertiary/aromatic N) is 1. The normalized spacial score (nSPS) is 16.4. The minimum absolute atomic E-state index is 1.69. The summed E-state index contributed by atoms with van der Waals surface area (Å²) in [5, 5.41) is 0. The summed E-state index contributed by atoms with van der Waals surface area (Å²) in [7, 11) is 0. The molecule has 2 nitrogen and oxygen atoms in total. The van der Waals surface area contributed by atoms with Gasteiger partial charge in [0.2, 0.25) is 0 Å². The van der Waals surface area contributed by atoms with Crippen LogP contribution in [0.15, 0.2) is 0 Å². The summed E-state index contributed by atoms with van der Waals surface area (Å²) in [6.45, 7) is 0. The Hall–Kier alpha value is -0.280. The van der Waals surface area contributed by atoms with Gasteiger partial charge in [-0.15, -0.1) is 0 Å². The number of hydrogen-bond donors (Lipinski definition) is 0. The van der Waals surface area contributed by atoms with Crippen molar-refractivity contribution < 1.29 is 35.6 Å². The third-order valence-corrected chi connectivity index (χ3v) is 0.913. The molecule has 0 bridgehead atoms. The van der Waals surface area contributed by atoms with E-state index >= 15 is 0 Å². The largest absolute Gasteiger partial charge is 0.497 e. The summed E-state index contributed by atoms with van der Waals surface area (Å²) < 4.78 is 77.8. The summed E-state index contributed by atoms with van der Waals surface area (Å²) >= 11 is 4.10. The Bertz CT molecular complexity index is 148. The third kappa shape index (κ3) is 4.48. The van der Waals surface area contributed by atoms with Gasteiger partial charge in [0.05, 0.1) is 0 Å². The first-order valence-electron chi connectivity index (χ1n) is 2.45. The van der Waals surface area contributed by atoms with E-state index < -0.39 is 23.4 Å². The van der Waals surface area contributed by atoms with Crippen molar-refractivity contribution in [3.8, 4) is 0 Å². The van der Waals surface area contributed by atoms with Crippen LogP contribution in [-0.4, -0.2) is 23.4 Å². The second-order valence-corrected chi connectivity index (χ2v) is 1.98. The molecular weight excluding hydrogens is 234 g/mol. The Kier molecular flexibility index (Phi) is 3.76. The van der Waals surface area contributed by atoms with Gasteiger partial charge in [0.25, 0.3) is 0 Å². The van der Waals surface area contributed by atoms with Gasteiger partial charge in [0.15, 0.2) is 0 Å². The van der Waals surface area contributed by atoms with Gasteiger partial charge in [-0.2, -0.15) is 26.3 Å². The molecule has 1 unspecified atom stereocenters. The first-order chi connectivity index (χ1) is 5.55. The van der Waals surface area contributed by atoms with Gasteiger partial charge < -0.3 is 0 Å². The monoisotopic (exact) mass is 235 g/mol. The fourth-order valence-electron chi connectivity index (χ4n) is 0.201. The molecule has 0 aliphatic heterocycles. The van der Waals surface area contributed by atoms with Crippen molar-refractivity contribution in [2.45, 2.75) is 18.8 Å². The summed E-state index contributed by atoms with van der Waals surface area (Å²) in [6.07, 6.45) is -15.1. The van der Waals surface area contributed by atoms with Gasteiger partial charge in [0, 0.05) is 16.4 Å². The maximum Gasteiger partial charge on any atom is 0.497 e. The highest BCUT2D eigenvalue weighted by Crippen LogP contribution is 2.30. The lowest BCUT2D eigenvalue weighted by atomic mass is 10.7. The lowest BCUT2D eigenvalue weighted by Crippen LogP contribution is -2.38. The van der Waals surface area contributed by atoms with Crippen LogP contribution in [0.25, 0.3) is 0 Å². The molecule has 0 fully saturated rings. The van der Waals surface area contributed by atoms with E-state index in [1.54, 1.807) is 0 Å². The molecule has 80 valence electrons. The fraction of sp³-hybridized carbons (Fsp3) is 1.00. The van der Waals surface area contributed by atoms with Gasteiger partial charge >= 0.3 is 18.8 Å². The average molecular weight is 235 g/mol. The van der Waals surface area contributed by atoms with Crippen LogP contribution in [0.5, 0.6) is 0 Å². The van der Waals surface area contributed by atoms with Crippen molar-refractivity contribution in [3.05, 3.63) is 0 Å². The van der Waals surface area contributed by atoms with Crippen molar-refractivity contribution in [2.24, 2.45) is 0 Å². The lowest BCUT2D eigenvalue weighted by molar-refractivity contribution is -0.393. The number of alkyl halides is 7. The number of rotatable bonds is 2. The van der Waals surface area contributed by atoms with Crippen LogP contribution in [0, 0.1) is 0 Å². The molecule has 0 aliphatic rings. The van der Waals surface area contributed by atoms with Crippen LogP contribution < -0.4 is 0 Å². The maximum absolute atomic E-state index is 11.7. The minimum Gasteiger partial charge on any atom is -0.229 e. The number of hydrogen-bond acceptors (Lipinski definition) is 2. The molecule has 13 heavy (non-hydrogen) atoms. The topological polar surface area (TPSA) is 12.5 Å². The molecule has 0 saturated carbocycles. The van der Waals surface area contributed by atoms with Gasteiger partial charge in [-0.25, -0.2) is 9.23 Å². The molecule has 0 heterocycles. The quantitative estimate of drug-likeness (QED) is 0.316. The summed E-state index contributed by atoms with van der Waals surface area (Å²) in [4.78, 5) is 2.66. The molecule has 0 aromatic rings. The van der Waals surface area contributed by atoms with Crippen LogP contribution in [0.1, 0.15) is 0 Å². The van der Waals surface area contributed by atoms with Crippen LogP contribution in [0.2, 0.25) is 0 Å². The smallest absolute Gasteiger partial charge is 0.229 e. The van der Waals surface area contributed by atoms with E-state index in [0.29, 0.717) is 0 Å². The average Bonchev–Trinajstić information content (AvgIpc) is 1.82. The van der Waals surface area contributed by atoms with E-state index in [-0.39, 0.29) is 0 Å². The van der Waals surface area contributed by atoms with Crippen molar-refractivity contribution in [1.82, 2.24) is 4.58 Å². The molecule has 0 aromatic heterocycles. The fourth-order valence-corrected chi connectivity index (χ4v) is 0.271. The Morgan fingerprint density at radius 1 is 1.08 bits per heavy atom. The van der Waals surface area contributed by atoms with E-state index in [4.69, 9.17) is 0 Å². The highest BCUT2D eigenvalue weighted by molar-refractivity contribution is 6.12. The highest BCUT2D eigenvalue weighted by Gasteiger charge is 2.48. The molecule has 0 amide bonds. The van der Waals surface area contributed by atoms with Gasteiger partial charge in [0.1, 0.15) is 0 Å². The van der Waals surface area contributed by atoms with Crippen molar-refractivity contribution in [3.63, 3.8) is 0 Å². The van der Waals surface area contributed by atoms with Crippen LogP contribution in [0.3, 0.4) is 0 Å². The molecule has 0 rings (SSSR count). The minimum atomic E-state index is -5.56. The highest BCUT2D eigenvalue weighted by atomic mass is 35.5. The SMILES string of the molecule is FC(ON(Cl)C(F)(F)F)C(F)(F)F. The van der Waals surface area contributed by atoms with Crippen LogP contribution in [-0.2, 0) is 4.84 Å². The van der Waals surface area contributed by atoms with Gasteiger partial charge in [-0.3, -0.25) is 0 Å². The van der Waals surface area contributed by atoms with Crippen LogP contribution in [0.4, 0.5) is 30.7 Å². The molecule has 1 atom stereocenters. The van der Waals surface area contributed by atoms with Gasteiger partial charge in [-0.05, 0) is 0 Å². The van der Waals surface area contributed by atoms with Crippen molar-refractivity contribution in [1.29, 1.82) is 0 Å². The Morgan fingerprint density at radius 2 is 1.46 bits per heavy atom. The Balaban J connectivity index is 4.15. The van der Waals surface area contributed by atoms with Gasteiger partial charge in [-0.1, -0.05) is 0 Å². The predicted molar refractivity (Wildman–Crippen MR) is 25.8 cm³/mol. The molecular formula is C3HClF7NO. The molecule has 0 radical (unpaired) electrons. The molecule has 0 spiro atoms. The van der Waals surface area contributed by atoms with E-state index in [1.807, 2.05) is 0 Å². The van der Waals surface area contributed by atoms with Crippen LogP contribution >= 0.6 is 11.8 Å². The zero-order valence-electron chi connectivity index (χ0n) is 5.46. The maximum atomic E-state index is 11.7. The van der Waals surface area contributed by atoms with E-state index in [9.17, 15) is 30.7 Å². The predicted octanol–water partition coefficient (Wildman–Crippen LogP) is 2.75. The first-order valence-corrected chi connectivity index (χ1v) is 2.79. The molecule has 0 saturated heterocycles. The lowest BCUT2D eigenvalue weighted by Gasteiger charge is -2.19. The third-order valence-electron chi connectivity index (χ3n) is 0.642. The second kappa shape index (κ2) is 3.84. The Morgan fingerprint density at radius 3 is 1.69 bits per heavy atom. The standard InChI is InChI=1S/C3HClF7NO/c4-12(3(9,10)11)13-1(5)2(6,7)8/h1H. The molecule has 0 aromatic carbocycles.